The Morgan fingerprint density at radius 2 is 1.15 bits per heavy atom. The van der Waals surface area contributed by atoms with Crippen molar-refractivity contribution in [1.82, 2.24) is 10.6 Å². The van der Waals surface area contributed by atoms with E-state index >= 15 is 0 Å². The Balaban J connectivity index is 1.51. The number of anilines is 1. The van der Waals surface area contributed by atoms with E-state index in [-0.39, 0.29) is 17.1 Å². The summed E-state index contributed by atoms with van der Waals surface area (Å²) in [6.07, 6.45) is 8.50. The van der Waals surface area contributed by atoms with Crippen LogP contribution < -0.4 is 30.0 Å². The van der Waals surface area contributed by atoms with Gasteiger partial charge >= 0.3 is 12.7 Å². The number of carbonyl (C=O) groups is 3. The summed E-state index contributed by atoms with van der Waals surface area (Å²) in [6, 6.07) is 14.4. The standard InChI is InChI=1S/C37H32F6N4O5/c38-36(39,40)51-34-8-3-1-6-32(34)46-22-12-30(17-27-50)28(15-25-48)10-20-44-18-5-19-45-21-11-29(16-26-49)31-13-23-47(24-14-31)33-7-2-4-9-35(33)52-37(41,42)43/h1-4,6-17,20-27H,5,18-19H2,(H2-,44,45,46,48,49,50)/p+1. The van der Waals surface area contributed by atoms with E-state index in [1.165, 1.54) is 71.5 Å². The lowest BCUT2D eigenvalue weighted by atomic mass is 10.1. The van der Waals surface area contributed by atoms with Gasteiger partial charge in [0.15, 0.2) is 18.1 Å². The summed E-state index contributed by atoms with van der Waals surface area (Å²) in [4.78, 5) is 33.8. The molecule has 0 aliphatic carbocycles. The van der Waals surface area contributed by atoms with E-state index in [0.717, 1.165) is 6.07 Å². The molecule has 0 aliphatic heterocycles. The minimum absolute atomic E-state index is 0.0237. The van der Waals surface area contributed by atoms with E-state index in [0.29, 0.717) is 60.7 Å². The van der Waals surface area contributed by atoms with Crippen molar-refractivity contribution in [3.8, 4) is 17.2 Å². The number of ether oxygens (including phenoxy) is 2. The van der Waals surface area contributed by atoms with Gasteiger partial charge in [0.25, 0.3) is 5.69 Å². The zero-order valence-corrected chi connectivity index (χ0v) is 27.2. The second kappa shape index (κ2) is 20.3. The number of benzene rings is 2. The molecule has 2 aromatic carbocycles. The highest BCUT2D eigenvalue weighted by Crippen LogP contribution is 2.30. The van der Waals surface area contributed by atoms with Gasteiger partial charge in [-0.05, 0) is 95.8 Å². The third-order valence-electron chi connectivity index (χ3n) is 6.63. The molecule has 0 fully saturated rings. The van der Waals surface area contributed by atoms with Crippen LogP contribution in [0.25, 0.3) is 11.3 Å². The maximum absolute atomic E-state index is 12.8. The fourth-order valence-electron chi connectivity index (χ4n) is 4.40. The van der Waals surface area contributed by atoms with Crippen molar-refractivity contribution in [2.24, 2.45) is 0 Å². The van der Waals surface area contributed by atoms with Crippen molar-refractivity contribution in [3.63, 3.8) is 0 Å². The lowest BCUT2D eigenvalue weighted by Crippen LogP contribution is -2.31. The van der Waals surface area contributed by atoms with Crippen molar-refractivity contribution in [2.45, 2.75) is 19.1 Å². The molecule has 0 bridgehead atoms. The van der Waals surface area contributed by atoms with Crippen LogP contribution in [0.2, 0.25) is 0 Å². The molecule has 15 heteroatoms. The first-order valence-corrected chi connectivity index (χ1v) is 15.4. The van der Waals surface area contributed by atoms with Gasteiger partial charge in [0.05, 0.1) is 5.69 Å². The van der Waals surface area contributed by atoms with Gasteiger partial charge in [0.1, 0.15) is 18.9 Å². The van der Waals surface area contributed by atoms with E-state index in [9.17, 15) is 40.7 Å². The zero-order valence-electron chi connectivity index (χ0n) is 27.2. The molecular weight excluding hydrogens is 694 g/mol. The Morgan fingerprint density at radius 3 is 1.75 bits per heavy atom. The molecule has 3 aromatic rings. The van der Waals surface area contributed by atoms with Crippen LogP contribution in [0.4, 0.5) is 32.0 Å². The molecule has 1 heterocycles. The highest BCUT2D eigenvalue weighted by Gasteiger charge is 2.34. The smallest absolute Gasteiger partial charge is 0.404 e. The lowest BCUT2D eigenvalue weighted by molar-refractivity contribution is -0.596. The number of nitrogens with one attached hydrogen (secondary N) is 3. The van der Waals surface area contributed by atoms with Crippen LogP contribution in [0.1, 0.15) is 12.0 Å². The van der Waals surface area contributed by atoms with E-state index in [2.05, 4.69) is 25.4 Å². The van der Waals surface area contributed by atoms with Gasteiger partial charge in [0, 0.05) is 37.5 Å². The maximum Gasteiger partial charge on any atom is 0.573 e. The topological polar surface area (TPSA) is 110 Å². The number of allylic oxidation sites excluding steroid dienone is 9. The number of aldehydes is 3. The van der Waals surface area contributed by atoms with Gasteiger partial charge in [-0.2, -0.15) is 4.57 Å². The van der Waals surface area contributed by atoms with Crippen molar-refractivity contribution in [2.75, 3.05) is 18.4 Å². The number of nitrogens with zero attached hydrogens (tertiary/aromatic N) is 1. The maximum atomic E-state index is 12.8. The number of halogens is 6. The Hall–Kier alpha value is -6.38. The summed E-state index contributed by atoms with van der Waals surface area (Å²) in [5, 5.41) is 8.82. The first-order chi connectivity index (χ1) is 24.9. The van der Waals surface area contributed by atoms with Crippen LogP contribution in [0, 0.1) is 0 Å². The van der Waals surface area contributed by atoms with Crippen molar-refractivity contribution >= 4 is 30.1 Å². The van der Waals surface area contributed by atoms with E-state index in [1.54, 1.807) is 55.1 Å². The highest BCUT2D eigenvalue weighted by atomic mass is 19.4. The number of hydrogen-bond donors (Lipinski definition) is 3. The van der Waals surface area contributed by atoms with Crippen LogP contribution in [0.3, 0.4) is 0 Å². The summed E-state index contributed by atoms with van der Waals surface area (Å²) in [6.45, 7) is 1.03. The molecule has 1 aromatic heterocycles. The van der Waals surface area contributed by atoms with E-state index < -0.39 is 18.5 Å². The fraction of sp³-hybridized carbons (Fsp3) is 0.135. The SMILES string of the molecule is O=CC=C(C=CNCCCNC=CC(=CC=O)c1cc[n+](-c2ccccc2OC(F)(F)F)cc1)C(C=CNc1ccccc1OC(F)(F)F)=CC=O. The molecule has 272 valence electrons. The third-order valence-corrected chi connectivity index (χ3v) is 6.63. The van der Waals surface area contributed by atoms with E-state index in [1.807, 2.05) is 0 Å². The normalized spacial score (nSPS) is 13.0. The number of pyridine rings is 1. The van der Waals surface area contributed by atoms with Gasteiger partial charge < -0.3 is 25.4 Å². The predicted octanol–water partition coefficient (Wildman–Crippen LogP) is 6.82. The molecule has 0 atom stereocenters. The number of hydrogen-bond acceptors (Lipinski definition) is 8. The molecule has 3 rings (SSSR count). The second-order valence-electron chi connectivity index (χ2n) is 10.2. The minimum Gasteiger partial charge on any atom is -0.404 e. The van der Waals surface area contributed by atoms with Crippen molar-refractivity contribution in [3.05, 3.63) is 145 Å². The molecule has 0 spiro atoms. The van der Waals surface area contributed by atoms with Crippen LogP contribution >= 0.6 is 0 Å². The third kappa shape index (κ3) is 14.2. The van der Waals surface area contributed by atoms with E-state index in [4.69, 9.17) is 0 Å². The number of alkyl halides is 6. The summed E-state index contributed by atoms with van der Waals surface area (Å²) in [7, 11) is 0. The molecule has 9 nitrogen and oxygen atoms in total. The summed E-state index contributed by atoms with van der Waals surface area (Å²) < 4.78 is 86.2. The van der Waals surface area contributed by atoms with Crippen molar-refractivity contribution in [1.29, 1.82) is 0 Å². The van der Waals surface area contributed by atoms with Gasteiger partial charge in [-0.3, -0.25) is 14.4 Å². The van der Waals surface area contributed by atoms with Crippen LogP contribution in [-0.2, 0) is 14.4 Å². The van der Waals surface area contributed by atoms with Gasteiger partial charge in [-0.15, -0.1) is 26.3 Å². The first-order valence-electron chi connectivity index (χ1n) is 15.4. The minimum atomic E-state index is -4.89. The molecule has 52 heavy (non-hydrogen) atoms. The summed E-state index contributed by atoms with van der Waals surface area (Å²) in [5.41, 5.74) is 2.02. The van der Waals surface area contributed by atoms with Crippen LogP contribution in [0.5, 0.6) is 11.5 Å². The fourth-order valence-corrected chi connectivity index (χ4v) is 4.40. The highest BCUT2D eigenvalue weighted by molar-refractivity contribution is 5.86. The number of para-hydroxylation sites is 4. The Labute approximate surface area is 294 Å². The quantitative estimate of drug-likeness (QED) is 0.0309. The summed E-state index contributed by atoms with van der Waals surface area (Å²) >= 11 is 0. The largest absolute Gasteiger partial charge is 0.573 e. The average molecular weight is 728 g/mol. The molecular formula is C37H33F6N4O5+. The van der Waals surface area contributed by atoms with Crippen LogP contribution in [0.15, 0.2) is 139 Å². The molecule has 0 unspecified atom stereocenters. The Kier molecular flexibility index (Phi) is 15.7. The molecule has 0 aliphatic rings. The first kappa shape index (κ1) is 40.1. The van der Waals surface area contributed by atoms with Gasteiger partial charge in [-0.1, -0.05) is 24.3 Å². The molecule has 0 radical (unpaired) electrons. The zero-order chi connectivity index (χ0) is 37.8. The lowest BCUT2D eigenvalue weighted by Gasteiger charge is -2.12. The monoisotopic (exact) mass is 727 g/mol. The molecule has 0 saturated heterocycles. The predicted molar refractivity (Wildman–Crippen MR) is 182 cm³/mol. The second-order valence-corrected chi connectivity index (χ2v) is 10.2. The number of carbonyl (C=O) groups excluding carboxylic acids is 3. The Bertz CT molecular complexity index is 1830. The number of rotatable bonds is 19. The molecule has 0 saturated carbocycles. The molecule has 3 N–H and O–H groups in total. The van der Waals surface area contributed by atoms with Crippen molar-refractivity contribution < 1.29 is 54.8 Å². The number of aromatic nitrogens is 1. The Morgan fingerprint density at radius 1 is 0.635 bits per heavy atom. The molecule has 0 amide bonds. The van der Waals surface area contributed by atoms with Gasteiger partial charge in [-0.25, -0.2) is 0 Å². The summed E-state index contributed by atoms with van der Waals surface area (Å²) in [5.74, 6) is -0.818. The van der Waals surface area contributed by atoms with Gasteiger partial charge in [0.2, 0.25) is 5.75 Å². The van der Waals surface area contributed by atoms with Crippen LogP contribution in [-0.4, -0.2) is 44.7 Å². The average Bonchev–Trinajstić information content (AvgIpc) is 3.09.